The minimum atomic E-state index is -3.18. The van der Waals surface area contributed by atoms with Crippen LogP contribution in [0.4, 0.5) is 0 Å². The van der Waals surface area contributed by atoms with E-state index in [0.29, 0.717) is 26.1 Å². The molecule has 1 saturated carbocycles. The van der Waals surface area contributed by atoms with Crippen LogP contribution in [-0.4, -0.2) is 58.2 Å². The standard InChI is InChI=1S/C15H22N4O3S/c20-15-2-1-8-17(15)9-6-13-11-18(23(21,22)14-3-4-14)10-12-5-7-16-19(12)13/h5,7,13-14H,1-4,6,8-11H2/t13-/m0/s1. The van der Waals surface area contributed by atoms with Gasteiger partial charge in [-0.2, -0.15) is 9.40 Å². The fraction of sp³-hybridized carbons (Fsp3) is 0.733. The van der Waals surface area contributed by atoms with E-state index in [9.17, 15) is 13.2 Å². The van der Waals surface area contributed by atoms with Gasteiger partial charge in [0, 0.05) is 32.3 Å². The Kier molecular flexibility index (Phi) is 3.68. The van der Waals surface area contributed by atoms with Gasteiger partial charge in [0.15, 0.2) is 0 Å². The molecule has 0 bridgehead atoms. The predicted octanol–water partition coefficient (Wildman–Crippen LogP) is 0.744. The zero-order chi connectivity index (χ0) is 16.0. The van der Waals surface area contributed by atoms with Gasteiger partial charge in [0.25, 0.3) is 0 Å². The van der Waals surface area contributed by atoms with E-state index in [4.69, 9.17) is 0 Å². The normalized spacial score (nSPS) is 25.8. The first kappa shape index (κ1) is 15.1. The highest BCUT2D eigenvalue weighted by Gasteiger charge is 2.42. The van der Waals surface area contributed by atoms with Gasteiger partial charge in [0.2, 0.25) is 15.9 Å². The zero-order valence-corrected chi connectivity index (χ0v) is 13.9. The highest BCUT2D eigenvalue weighted by atomic mass is 32.2. The summed E-state index contributed by atoms with van der Waals surface area (Å²) in [6, 6.07) is 1.90. The Morgan fingerprint density at radius 3 is 2.83 bits per heavy atom. The molecule has 0 aromatic carbocycles. The number of sulfonamides is 1. The molecular formula is C15H22N4O3S. The number of likely N-dealkylation sites (tertiary alicyclic amines) is 1. The molecule has 3 aliphatic rings. The molecule has 8 heteroatoms. The third-order valence-corrected chi connectivity index (χ3v) is 7.37. The van der Waals surface area contributed by atoms with Crippen molar-refractivity contribution in [1.82, 2.24) is 19.0 Å². The Labute approximate surface area is 136 Å². The maximum absolute atomic E-state index is 12.6. The van der Waals surface area contributed by atoms with Gasteiger partial charge in [-0.25, -0.2) is 8.42 Å². The molecule has 2 aliphatic heterocycles. The molecule has 1 aromatic rings. The molecule has 4 rings (SSSR count). The SMILES string of the molecule is O=C1CCCN1CC[C@H]1CN(S(=O)(=O)C2CC2)Cc2ccnn21. The fourth-order valence-electron chi connectivity index (χ4n) is 3.58. The largest absolute Gasteiger partial charge is 0.343 e. The van der Waals surface area contributed by atoms with Crippen molar-refractivity contribution < 1.29 is 13.2 Å². The second-order valence-electron chi connectivity index (χ2n) is 6.73. The minimum Gasteiger partial charge on any atom is -0.343 e. The summed E-state index contributed by atoms with van der Waals surface area (Å²) < 4.78 is 28.7. The van der Waals surface area contributed by atoms with Gasteiger partial charge in [0.05, 0.1) is 23.5 Å². The molecule has 0 spiro atoms. The average Bonchev–Trinajstić information content (AvgIpc) is 3.16. The maximum atomic E-state index is 12.6. The second kappa shape index (κ2) is 5.59. The summed E-state index contributed by atoms with van der Waals surface area (Å²) in [6.07, 6.45) is 5.61. The summed E-state index contributed by atoms with van der Waals surface area (Å²) in [6.45, 7) is 2.38. The van der Waals surface area contributed by atoms with Crippen LogP contribution >= 0.6 is 0 Å². The van der Waals surface area contributed by atoms with Crippen LogP contribution in [0, 0.1) is 0 Å². The van der Waals surface area contributed by atoms with Crippen LogP contribution in [0.3, 0.4) is 0 Å². The molecule has 1 aromatic heterocycles. The summed E-state index contributed by atoms with van der Waals surface area (Å²) >= 11 is 0. The number of fused-ring (bicyclic) bond motifs is 1. The Bertz CT molecular complexity index is 710. The molecule has 0 N–H and O–H groups in total. The topological polar surface area (TPSA) is 75.5 Å². The summed E-state index contributed by atoms with van der Waals surface area (Å²) in [7, 11) is -3.18. The number of rotatable bonds is 5. The summed E-state index contributed by atoms with van der Waals surface area (Å²) in [4.78, 5) is 13.6. The molecule has 1 amide bonds. The highest BCUT2D eigenvalue weighted by Crippen LogP contribution is 2.35. The van der Waals surface area contributed by atoms with Crippen molar-refractivity contribution in [2.45, 2.75) is 49.9 Å². The molecule has 126 valence electrons. The van der Waals surface area contributed by atoms with Gasteiger partial charge < -0.3 is 4.90 Å². The lowest BCUT2D eigenvalue weighted by atomic mass is 10.1. The monoisotopic (exact) mass is 338 g/mol. The number of nitrogens with zero attached hydrogens (tertiary/aromatic N) is 4. The Morgan fingerprint density at radius 1 is 1.30 bits per heavy atom. The molecule has 1 aliphatic carbocycles. The predicted molar refractivity (Wildman–Crippen MR) is 84.0 cm³/mol. The molecule has 2 fully saturated rings. The van der Waals surface area contributed by atoms with Crippen LogP contribution in [0.25, 0.3) is 0 Å². The van der Waals surface area contributed by atoms with E-state index < -0.39 is 10.0 Å². The first-order valence-electron chi connectivity index (χ1n) is 8.35. The number of amides is 1. The average molecular weight is 338 g/mol. The van der Waals surface area contributed by atoms with Gasteiger partial charge in [-0.3, -0.25) is 9.48 Å². The van der Waals surface area contributed by atoms with Crippen molar-refractivity contribution in [2.75, 3.05) is 19.6 Å². The van der Waals surface area contributed by atoms with Crippen molar-refractivity contribution in [1.29, 1.82) is 0 Å². The van der Waals surface area contributed by atoms with E-state index in [1.54, 1.807) is 10.5 Å². The van der Waals surface area contributed by atoms with Gasteiger partial charge in [-0.1, -0.05) is 0 Å². The van der Waals surface area contributed by atoms with E-state index in [0.717, 1.165) is 37.9 Å². The third-order valence-electron chi connectivity index (χ3n) is 5.06. The number of carbonyl (C=O) groups is 1. The lowest BCUT2D eigenvalue weighted by Crippen LogP contribution is -2.43. The van der Waals surface area contributed by atoms with Gasteiger partial charge in [-0.05, 0) is 31.7 Å². The Balaban J connectivity index is 1.50. The van der Waals surface area contributed by atoms with Crippen molar-refractivity contribution in [3.63, 3.8) is 0 Å². The van der Waals surface area contributed by atoms with Crippen molar-refractivity contribution in [3.8, 4) is 0 Å². The van der Waals surface area contributed by atoms with Crippen molar-refractivity contribution in [2.24, 2.45) is 0 Å². The van der Waals surface area contributed by atoms with Crippen molar-refractivity contribution in [3.05, 3.63) is 18.0 Å². The van der Waals surface area contributed by atoms with Gasteiger partial charge >= 0.3 is 0 Å². The number of hydrogen-bond donors (Lipinski definition) is 0. The first-order valence-corrected chi connectivity index (χ1v) is 9.85. The van der Waals surface area contributed by atoms with Crippen LogP contribution in [0.1, 0.15) is 43.8 Å². The van der Waals surface area contributed by atoms with Crippen LogP contribution in [0.5, 0.6) is 0 Å². The van der Waals surface area contributed by atoms with Crippen LogP contribution in [-0.2, 0) is 21.4 Å². The highest BCUT2D eigenvalue weighted by molar-refractivity contribution is 7.90. The number of aromatic nitrogens is 2. The fourth-order valence-corrected chi connectivity index (χ4v) is 5.43. The molecule has 1 saturated heterocycles. The number of carbonyl (C=O) groups excluding carboxylic acids is 1. The lowest BCUT2D eigenvalue weighted by Gasteiger charge is -2.34. The summed E-state index contributed by atoms with van der Waals surface area (Å²) in [5.41, 5.74) is 0.943. The summed E-state index contributed by atoms with van der Waals surface area (Å²) in [5, 5.41) is 4.19. The lowest BCUT2D eigenvalue weighted by molar-refractivity contribution is -0.127. The van der Waals surface area contributed by atoms with Crippen molar-refractivity contribution >= 4 is 15.9 Å². The number of hydrogen-bond acceptors (Lipinski definition) is 4. The van der Waals surface area contributed by atoms with Crippen LogP contribution < -0.4 is 0 Å². The molecule has 1 atom stereocenters. The molecule has 0 unspecified atom stereocenters. The Morgan fingerprint density at radius 2 is 2.13 bits per heavy atom. The summed E-state index contributed by atoms with van der Waals surface area (Å²) in [5.74, 6) is 0.212. The molecule has 0 radical (unpaired) electrons. The third kappa shape index (κ3) is 2.78. The van der Waals surface area contributed by atoms with E-state index in [2.05, 4.69) is 5.10 Å². The molecule has 7 nitrogen and oxygen atoms in total. The van der Waals surface area contributed by atoms with E-state index in [1.807, 2.05) is 15.6 Å². The molecular weight excluding hydrogens is 316 g/mol. The first-order chi connectivity index (χ1) is 11.1. The Hall–Kier alpha value is -1.41. The minimum absolute atomic E-state index is 0.00988. The quantitative estimate of drug-likeness (QED) is 0.794. The smallest absolute Gasteiger partial charge is 0.222 e. The van der Waals surface area contributed by atoms with Gasteiger partial charge in [-0.15, -0.1) is 0 Å². The van der Waals surface area contributed by atoms with Gasteiger partial charge in [0.1, 0.15) is 0 Å². The van der Waals surface area contributed by atoms with Crippen LogP contribution in [0.2, 0.25) is 0 Å². The van der Waals surface area contributed by atoms with Crippen LogP contribution in [0.15, 0.2) is 12.3 Å². The molecule has 23 heavy (non-hydrogen) atoms. The van der Waals surface area contributed by atoms with E-state index in [-0.39, 0.29) is 17.2 Å². The van der Waals surface area contributed by atoms with E-state index >= 15 is 0 Å². The molecule has 3 heterocycles. The zero-order valence-electron chi connectivity index (χ0n) is 13.1. The second-order valence-corrected chi connectivity index (χ2v) is 8.94. The maximum Gasteiger partial charge on any atom is 0.222 e. The van der Waals surface area contributed by atoms with E-state index in [1.165, 1.54) is 0 Å².